The molecule has 0 aromatic heterocycles. The average Bonchev–Trinajstić information content (AvgIpc) is 2.58. The highest BCUT2D eigenvalue weighted by molar-refractivity contribution is 5.94. The molecular weight excluding hydrogens is 323 g/mol. The van der Waals surface area contributed by atoms with Crippen LogP contribution in [0.3, 0.4) is 0 Å². The maximum Gasteiger partial charge on any atom is 0.416 e. The van der Waals surface area contributed by atoms with Crippen LogP contribution in [0.25, 0.3) is 0 Å². The van der Waals surface area contributed by atoms with Crippen LogP contribution in [0.15, 0.2) is 42.5 Å². The summed E-state index contributed by atoms with van der Waals surface area (Å²) in [5, 5.41) is 2.64. The van der Waals surface area contributed by atoms with Crippen molar-refractivity contribution < 1.29 is 27.4 Å². The number of ether oxygens (including phenoxy) is 2. The summed E-state index contributed by atoms with van der Waals surface area (Å²) >= 11 is 0. The van der Waals surface area contributed by atoms with E-state index in [-0.39, 0.29) is 12.1 Å². The average molecular weight is 339 g/mol. The third-order valence-corrected chi connectivity index (χ3v) is 3.41. The Bertz CT molecular complexity index is 712. The molecule has 0 saturated carbocycles. The Labute approximate surface area is 137 Å². The summed E-state index contributed by atoms with van der Waals surface area (Å²) in [6, 6.07) is 9.19. The minimum atomic E-state index is -4.43. The zero-order chi connectivity index (χ0) is 17.7. The van der Waals surface area contributed by atoms with Crippen molar-refractivity contribution in [2.75, 3.05) is 14.2 Å². The molecule has 0 aliphatic rings. The van der Waals surface area contributed by atoms with E-state index in [0.717, 1.165) is 29.8 Å². The number of methoxy groups -OCH3 is 2. The molecule has 2 rings (SSSR count). The number of nitrogens with one attached hydrogen (secondary N) is 1. The number of carbonyl (C=O) groups is 1. The highest BCUT2D eigenvalue weighted by atomic mass is 19.4. The summed E-state index contributed by atoms with van der Waals surface area (Å²) in [6.45, 7) is 0.174. The number of hydrogen-bond donors (Lipinski definition) is 1. The maximum atomic E-state index is 12.5. The van der Waals surface area contributed by atoms with Gasteiger partial charge in [0.1, 0.15) is 11.5 Å². The predicted octanol–water partition coefficient (Wildman–Crippen LogP) is 3.65. The third kappa shape index (κ3) is 4.18. The van der Waals surface area contributed by atoms with Gasteiger partial charge in [-0.1, -0.05) is 0 Å². The zero-order valence-electron chi connectivity index (χ0n) is 13.1. The van der Waals surface area contributed by atoms with Crippen LogP contribution in [0.4, 0.5) is 13.2 Å². The van der Waals surface area contributed by atoms with Crippen LogP contribution in [0.2, 0.25) is 0 Å². The van der Waals surface area contributed by atoms with E-state index in [1.165, 1.54) is 14.2 Å². The molecule has 0 bridgehead atoms. The summed E-state index contributed by atoms with van der Waals surface area (Å²) < 4.78 is 47.8. The number of hydrogen-bond acceptors (Lipinski definition) is 3. The van der Waals surface area contributed by atoms with E-state index < -0.39 is 17.6 Å². The van der Waals surface area contributed by atoms with Gasteiger partial charge in [-0.2, -0.15) is 13.2 Å². The Morgan fingerprint density at radius 3 is 2.25 bits per heavy atom. The van der Waals surface area contributed by atoms with Gasteiger partial charge in [0, 0.05) is 23.7 Å². The topological polar surface area (TPSA) is 47.6 Å². The Balaban J connectivity index is 2.05. The standard InChI is InChI=1S/C17H16F3NO3/c1-23-14-8-5-12(15(9-14)24-2)10-21-16(22)11-3-6-13(7-4-11)17(18,19)20/h3-9H,10H2,1-2H3,(H,21,22). The molecule has 0 aliphatic heterocycles. The molecule has 7 heteroatoms. The van der Waals surface area contributed by atoms with Crippen LogP contribution in [-0.4, -0.2) is 20.1 Å². The fourth-order valence-corrected chi connectivity index (χ4v) is 2.09. The lowest BCUT2D eigenvalue weighted by Crippen LogP contribution is -2.23. The second-order valence-electron chi connectivity index (χ2n) is 4.94. The lowest BCUT2D eigenvalue weighted by atomic mass is 10.1. The van der Waals surface area contributed by atoms with Gasteiger partial charge in [0.05, 0.1) is 19.8 Å². The third-order valence-electron chi connectivity index (χ3n) is 3.41. The number of amides is 1. The monoisotopic (exact) mass is 339 g/mol. The molecule has 0 spiro atoms. The van der Waals surface area contributed by atoms with Gasteiger partial charge in [-0.25, -0.2) is 0 Å². The second kappa shape index (κ2) is 7.25. The van der Waals surface area contributed by atoms with Crippen molar-refractivity contribution in [3.8, 4) is 11.5 Å². The molecule has 24 heavy (non-hydrogen) atoms. The molecule has 1 N–H and O–H groups in total. The molecule has 0 saturated heterocycles. The fraction of sp³-hybridized carbons (Fsp3) is 0.235. The van der Waals surface area contributed by atoms with Crippen molar-refractivity contribution in [3.05, 3.63) is 59.2 Å². The van der Waals surface area contributed by atoms with Gasteiger partial charge in [-0.05, 0) is 36.4 Å². The molecule has 1 amide bonds. The highest BCUT2D eigenvalue weighted by Crippen LogP contribution is 2.29. The molecule has 0 atom stereocenters. The second-order valence-corrected chi connectivity index (χ2v) is 4.94. The van der Waals surface area contributed by atoms with Crippen molar-refractivity contribution >= 4 is 5.91 Å². The molecule has 2 aromatic carbocycles. The first-order chi connectivity index (χ1) is 11.3. The quantitative estimate of drug-likeness (QED) is 0.904. The molecule has 0 radical (unpaired) electrons. The van der Waals surface area contributed by atoms with E-state index in [4.69, 9.17) is 9.47 Å². The normalized spacial score (nSPS) is 11.0. The molecule has 2 aromatic rings. The van der Waals surface area contributed by atoms with Gasteiger partial charge in [-0.15, -0.1) is 0 Å². The SMILES string of the molecule is COc1ccc(CNC(=O)c2ccc(C(F)(F)F)cc2)c(OC)c1. The van der Waals surface area contributed by atoms with Crippen molar-refractivity contribution in [2.45, 2.75) is 12.7 Å². The van der Waals surface area contributed by atoms with E-state index in [2.05, 4.69) is 5.32 Å². The summed E-state index contributed by atoms with van der Waals surface area (Å²) in [5.74, 6) is 0.688. The molecule has 0 fully saturated rings. The number of rotatable bonds is 5. The summed E-state index contributed by atoms with van der Waals surface area (Å²) in [7, 11) is 3.02. The van der Waals surface area contributed by atoms with E-state index in [0.29, 0.717) is 11.5 Å². The zero-order valence-corrected chi connectivity index (χ0v) is 13.1. The molecule has 0 aliphatic carbocycles. The predicted molar refractivity (Wildman–Crippen MR) is 82.2 cm³/mol. The molecule has 0 unspecified atom stereocenters. The Hall–Kier alpha value is -2.70. The Kier molecular flexibility index (Phi) is 5.33. The van der Waals surface area contributed by atoms with Crippen LogP contribution in [-0.2, 0) is 12.7 Å². The Morgan fingerprint density at radius 1 is 1.04 bits per heavy atom. The summed E-state index contributed by atoms with van der Waals surface area (Å²) in [4.78, 5) is 12.0. The van der Waals surface area contributed by atoms with Gasteiger partial charge in [0.15, 0.2) is 0 Å². The molecule has 128 valence electrons. The van der Waals surface area contributed by atoms with Crippen molar-refractivity contribution in [1.82, 2.24) is 5.32 Å². The lowest BCUT2D eigenvalue weighted by Gasteiger charge is -2.12. The number of alkyl halides is 3. The van der Waals surface area contributed by atoms with Gasteiger partial charge in [0.2, 0.25) is 0 Å². The van der Waals surface area contributed by atoms with Gasteiger partial charge in [0.25, 0.3) is 5.91 Å². The van der Waals surface area contributed by atoms with E-state index >= 15 is 0 Å². The van der Waals surface area contributed by atoms with Crippen LogP contribution in [0, 0.1) is 0 Å². The van der Waals surface area contributed by atoms with Gasteiger partial charge >= 0.3 is 6.18 Å². The van der Waals surface area contributed by atoms with Crippen LogP contribution < -0.4 is 14.8 Å². The van der Waals surface area contributed by atoms with E-state index in [1.807, 2.05) is 0 Å². The molecule has 0 heterocycles. The summed E-state index contributed by atoms with van der Waals surface area (Å²) in [6.07, 6.45) is -4.43. The van der Waals surface area contributed by atoms with Gasteiger partial charge < -0.3 is 14.8 Å². The lowest BCUT2D eigenvalue weighted by molar-refractivity contribution is -0.137. The first kappa shape index (κ1) is 17.7. The van der Waals surface area contributed by atoms with Crippen molar-refractivity contribution in [2.24, 2.45) is 0 Å². The minimum absolute atomic E-state index is 0.149. The first-order valence-corrected chi connectivity index (χ1v) is 7.01. The highest BCUT2D eigenvalue weighted by Gasteiger charge is 2.30. The number of carbonyl (C=O) groups excluding carboxylic acids is 1. The first-order valence-electron chi connectivity index (χ1n) is 7.01. The van der Waals surface area contributed by atoms with Crippen molar-refractivity contribution in [3.63, 3.8) is 0 Å². The van der Waals surface area contributed by atoms with Gasteiger partial charge in [-0.3, -0.25) is 4.79 Å². The minimum Gasteiger partial charge on any atom is -0.497 e. The number of benzene rings is 2. The Morgan fingerprint density at radius 2 is 1.71 bits per heavy atom. The van der Waals surface area contributed by atoms with E-state index in [1.54, 1.807) is 18.2 Å². The smallest absolute Gasteiger partial charge is 0.416 e. The maximum absolute atomic E-state index is 12.5. The van der Waals surface area contributed by atoms with Crippen LogP contribution in [0.1, 0.15) is 21.5 Å². The fourth-order valence-electron chi connectivity index (χ4n) is 2.09. The van der Waals surface area contributed by atoms with Crippen LogP contribution >= 0.6 is 0 Å². The number of halogens is 3. The van der Waals surface area contributed by atoms with E-state index in [9.17, 15) is 18.0 Å². The molecule has 4 nitrogen and oxygen atoms in total. The summed E-state index contributed by atoms with van der Waals surface area (Å²) in [5.41, 5.74) is 0.0740. The largest absolute Gasteiger partial charge is 0.497 e. The van der Waals surface area contributed by atoms with Crippen LogP contribution in [0.5, 0.6) is 11.5 Å². The molecular formula is C17H16F3NO3. The van der Waals surface area contributed by atoms with Crippen molar-refractivity contribution in [1.29, 1.82) is 0 Å².